The van der Waals surface area contributed by atoms with Crippen LogP contribution in [-0.2, 0) is 9.53 Å². The van der Waals surface area contributed by atoms with Crippen molar-refractivity contribution in [2.75, 3.05) is 36.5 Å². The number of benzene rings is 1. The molecule has 2 aliphatic heterocycles. The lowest BCUT2D eigenvalue weighted by molar-refractivity contribution is -0.120. The number of amides is 2. The highest BCUT2D eigenvalue weighted by molar-refractivity contribution is 5.95. The van der Waals surface area contributed by atoms with Crippen LogP contribution >= 0.6 is 0 Å². The first kappa shape index (κ1) is 13.9. The third kappa shape index (κ3) is 3.16. The van der Waals surface area contributed by atoms with Crippen LogP contribution in [0.25, 0.3) is 0 Å². The zero-order valence-electron chi connectivity index (χ0n) is 11.8. The van der Waals surface area contributed by atoms with Crippen LogP contribution < -0.4 is 15.5 Å². The first-order valence-electron chi connectivity index (χ1n) is 7.30. The van der Waals surface area contributed by atoms with Gasteiger partial charge in [0, 0.05) is 17.9 Å². The zero-order chi connectivity index (χ0) is 14.7. The quantitative estimate of drug-likeness (QED) is 0.886. The lowest BCUT2D eigenvalue weighted by atomic mass is 9.99. The Labute approximate surface area is 123 Å². The van der Waals surface area contributed by atoms with E-state index in [1.54, 1.807) is 11.0 Å². The minimum absolute atomic E-state index is 0.0131. The van der Waals surface area contributed by atoms with Crippen LogP contribution in [0.5, 0.6) is 0 Å². The van der Waals surface area contributed by atoms with Crippen molar-refractivity contribution in [3.8, 4) is 0 Å². The van der Waals surface area contributed by atoms with Crippen molar-refractivity contribution in [1.29, 1.82) is 0 Å². The lowest BCUT2D eigenvalue weighted by Crippen LogP contribution is -2.37. The molecule has 2 amide bonds. The predicted molar refractivity (Wildman–Crippen MR) is 79.4 cm³/mol. The summed E-state index contributed by atoms with van der Waals surface area (Å²) < 4.78 is 4.93. The highest BCUT2D eigenvalue weighted by Gasteiger charge is 2.24. The minimum Gasteiger partial charge on any atom is -0.447 e. The summed E-state index contributed by atoms with van der Waals surface area (Å²) in [5.74, 6) is 0.0440. The van der Waals surface area contributed by atoms with Gasteiger partial charge in [0.15, 0.2) is 0 Å². The van der Waals surface area contributed by atoms with Crippen molar-refractivity contribution >= 4 is 23.4 Å². The molecule has 2 fully saturated rings. The topological polar surface area (TPSA) is 70.7 Å². The van der Waals surface area contributed by atoms with E-state index >= 15 is 0 Å². The molecule has 0 spiro atoms. The molecule has 2 aliphatic rings. The molecule has 2 heterocycles. The number of cyclic esters (lactones) is 1. The molecule has 3 rings (SSSR count). The average molecular weight is 289 g/mol. The first-order valence-corrected chi connectivity index (χ1v) is 7.30. The van der Waals surface area contributed by atoms with Crippen molar-refractivity contribution in [3.63, 3.8) is 0 Å². The number of ether oxygens (including phenoxy) is 1. The molecule has 0 bridgehead atoms. The molecular formula is C15H19N3O3. The fourth-order valence-electron chi connectivity index (χ4n) is 2.70. The van der Waals surface area contributed by atoms with E-state index in [4.69, 9.17) is 4.74 Å². The maximum Gasteiger partial charge on any atom is 0.414 e. The SMILES string of the molecule is O=C(Nc1cccc(N2CCOC2=O)c1)[C@H]1CCCNC1. The van der Waals surface area contributed by atoms with Crippen molar-refractivity contribution in [2.24, 2.45) is 5.92 Å². The van der Waals surface area contributed by atoms with Crippen LogP contribution in [0.4, 0.5) is 16.2 Å². The number of nitrogens with one attached hydrogen (secondary N) is 2. The molecule has 2 saturated heterocycles. The number of anilines is 2. The molecule has 0 aliphatic carbocycles. The molecule has 0 unspecified atom stereocenters. The maximum absolute atomic E-state index is 12.2. The molecule has 112 valence electrons. The van der Waals surface area contributed by atoms with Crippen LogP contribution in [0.2, 0.25) is 0 Å². The molecule has 1 aromatic carbocycles. The number of nitrogens with zero attached hydrogens (tertiary/aromatic N) is 1. The van der Waals surface area contributed by atoms with E-state index in [1.165, 1.54) is 0 Å². The van der Waals surface area contributed by atoms with Gasteiger partial charge in [-0.15, -0.1) is 0 Å². The number of hydrogen-bond acceptors (Lipinski definition) is 4. The maximum atomic E-state index is 12.2. The molecule has 1 atom stereocenters. The minimum atomic E-state index is -0.338. The van der Waals surface area contributed by atoms with Crippen LogP contribution in [0.15, 0.2) is 24.3 Å². The van der Waals surface area contributed by atoms with Gasteiger partial charge in [0.2, 0.25) is 5.91 Å². The van der Waals surface area contributed by atoms with E-state index in [9.17, 15) is 9.59 Å². The number of carbonyl (C=O) groups excluding carboxylic acids is 2. The van der Waals surface area contributed by atoms with Crippen molar-refractivity contribution in [3.05, 3.63) is 24.3 Å². The third-order valence-electron chi connectivity index (χ3n) is 3.85. The van der Waals surface area contributed by atoms with E-state index in [1.807, 2.05) is 18.2 Å². The van der Waals surface area contributed by atoms with E-state index in [0.717, 1.165) is 31.6 Å². The largest absolute Gasteiger partial charge is 0.447 e. The zero-order valence-corrected chi connectivity index (χ0v) is 11.8. The van der Waals surface area contributed by atoms with Crippen LogP contribution in [0.3, 0.4) is 0 Å². The summed E-state index contributed by atoms with van der Waals surface area (Å²) in [5, 5.41) is 6.17. The smallest absolute Gasteiger partial charge is 0.414 e. The molecule has 0 radical (unpaired) electrons. The Bertz CT molecular complexity index is 541. The van der Waals surface area contributed by atoms with Gasteiger partial charge in [-0.25, -0.2) is 4.79 Å². The normalized spacial score (nSPS) is 22.0. The van der Waals surface area contributed by atoms with E-state index in [-0.39, 0.29) is 17.9 Å². The van der Waals surface area contributed by atoms with Gasteiger partial charge in [-0.05, 0) is 37.6 Å². The van der Waals surface area contributed by atoms with Crippen molar-refractivity contribution in [2.45, 2.75) is 12.8 Å². The third-order valence-corrected chi connectivity index (χ3v) is 3.85. The monoisotopic (exact) mass is 289 g/mol. The Kier molecular flexibility index (Phi) is 4.06. The summed E-state index contributed by atoms with van der Waals surface area (Å²) >= 11 is 0. The van der Waals surface area contributed by atoms with Crippen molar-refractivity contribution in [1.82, 2.24) is 5.32 Å². The Hall–Kier alpha value is -2.08. The second kappa shape index (κ2) is 6.13. The van der Waals surface area contributed by atoms with Crippen LogP contribution in [0, 0.1) is 5.92 Å². The van der Waals surface area contributed by atoms with Gasteiger partial charge in [-0.3, -0.25) is 9.69 Å². The Morgan fingerprint density at radius 2 is 2.33 bits per heavy atom. The fourth-order valence-corrected chi connectivity index (χ4v) is 2.70. The molecule has 0 aromatic heterocycles. The molecule has 6 heteroatoms. The molecule has 2 N–H and O–H groups in total. The standard InChI is InChI=1S/C15H19N3O3/c19-14(11-3-2-6-16-10-11)17-12-4-1-5-13(9-12)18-7-8-21-15(18)20/h1,4-5,9,11,16H,2-3,6-8,10H2,(H,17,19)/t11-/m0/s1. The Morgan fingerprint density at radius 3 is 3.05 bits per heavy atom. The van der Waals surface area contributed by atoms with Crippen LogP contribution in [-0.4, -0.2) is 38.2 Å². The Morgan fingerprint density at radius 1 is 1.43 bits per heavy atom. The first-order chi connectivity index (χ1) is 10.2. The average Bonchev–Trinajstić information content (AvgIpc) is 2.94. The van der Waals surface area contributed by atoms with E-state index in [2.05, 4.69) is 10.6 Å². The highest BCUT2D eigenvalue weighted by Crippen LogP contribution is 2.23. The molecule has 0 saturated carbocycles. The number of hydrogen-bond donors (Lipinski definition) is 2. The molecule has 21 heavy (non-hydrogen) atoms. The van der Waals surface area contributed by atoms with Crippen LogP contribution in [0.1, 0.15) is 12.8 Å². The molecule has 6 nitrogen and oxygen atoms in total. The highest BCUT2D eigenvalue weighted by atomic mass is 16.6. The predicted octanol–water partition coefficient (Wildman–Crippen LogP) is 1.58. The summed E-state index contributed by atoms with van der Waals surface area (Å²) in [6.45, 7) is 2.66. The fraction of sp³-hybridized carbons (Fsp3) is 0.467. The van der Waals surface area contributed by atoms with Crippen molar-refractivity contribution < 1.29 is 14.3 Å². The summed E-state index contributed by atoms with van der Waals surface area (Å²) in [7, 11) is 0. The number of rotatable bonds is 3. The van der Waals surface area contributed by atoms with Gasteiger partial charge in [0.1, 0.15) is 6.61 Å². The summed E-state index contributed by atoms with van der Waals surface area (Å²) in [5.41, 5.74) is 1.46. The number of piperidine rings is 1. The van der Waals surface area contributed by atoms with Gasteiger partial charge in [0.25, 0.3) is 0 Å². The molecular weight excluding hydrogens is 270 g/mol. The second-order valence-corrected chi connectivity index (χ2v) is 5.35. The van der Waals surface area contributed by atoms with Gasteiger partial charge in [-0.1, -0.05) is 6.07 Å². The van der Waals surface area contributed by atoms with Gasteiger partial charge in [-0.2, -0.15) is 0 Å². The molecule has 1 aromatic rings. The lowest BCUT2D eigenvalue weighted by Gasteiger charge is -2.22. The summed E-state index contributed by atoms with van der Waals surface area (Å²) in [6, 6.07) is 7.31. The Balaban J connectivity index is 1.68. The van der Waals surface area contributed by atoms with Gasteiger partial charge in [0.05, 0.1) is 12.5 Å². The number of carbonyl (C=O) groups is 2. The van der Waals surface area contributed by atoms with E-state index < -0.39 is 0 Å². The summed E-state index contributed by atoms with van der Waals surface area (Å²) in [4.78, 5) is 25.3. The summed E-state index contributed by atoms with van der Waals surface area (Å²) in [6.07, 6.45) is 1.60. The van der Waals surface area contributed by atoms with E-state index in [0.29, 0.717) is 18.8 Å². The second-order valence-electron chi connectivity index (χ2n) is 5.35. The van der Waals surface area contributed by atoms with Gasteiger partial charge < -0.3 is 15.4 Å². The van der Waals surface area contributed by atoms with Gasteiger partial charge >= 0.3 is 6.09 Å².